The molecule has 0 aliphatic heterocycles. The summed E-state index contributed by atoms with van der Waals surface area (Å²) in [5.74, 6) is -0.0514. The largest absolute Gasteiger partial charge is 0.426 e. The summed E-state index contributed by atoms with van der Waals surface area (Å²) in [6.07, 6.45) is 6.47. The van der Waals surface area contributed by atoms with Crippen LogP contribution in [0.1, 0.15) is 35.2 Å². The van der Waals surface area contributed by atoms with Crippen molar-refractivity contribution in [3.63, 3.8) is 0 Å². The normalized spacial score (nSPS) is 15.8. The molecule has 0 N–H and O–H groups in total. The summed E-state index contributed by atoms with van der Waals surface area (Å²) < 4.78 is 11.4. The van der Waals surface area contributed by atoms with Gasteiger partial charge in [0, 0.05) is 0 Å². The van der Waals surface area contributed by atoms with Gasteiger partial charge < -0.3 is 9.47 Å². The Labute approximate surface area is 169 Å². The van der Waals surface area contributed by atoms with Crippen molar-refractivity contribution in [2.24, 2.45) is 5.92 Å². The minimum atomic E-state index is -0.448. The first-order valence-corrected chi connectivity index (χ1v) is 9.79. The Hall–Kier alpha value is -3.40. The third-order valence-corrected chi connectivity index (χ3v) is 5.13. The number of hydrogen-bond acceptors (Lipinski definition) is 4. The number of benzene rings is 3. The van der Waals surface area contributed by atoms with Crippen LogP contribution in [0.25, 0.3) is 10.8 Å². The first-order chi connectivity index (χ1) is 14.1. The molecule has 1 aliphatic rings. The number of rotatable bonds is 4. The molecule has 3 aromatic carbocycles. The van der Waals surface area contributed by atoms with Crippen LogP contribution < -0.4 is 9.47 Å². The molecule has 4 heteroatoms. The van der Waals surface area contributed by atoms with Crippen LogP contribution in [0.4, 0.5) is 0 Å². The molecule has 0 spiro atoms. The number of hydrogen-bond donors (Lipinski definition) is 0. The lowest BCUT2D eigenvalue weighted by molar-refractivity contribution is -0.139. The van der Waals surface area contributed by atoms with Gasteiger partial charge in [-0.25, -0.2) is 4.79 Å². The van der Waals surface area contributed by atoms with Gasteiger partial charge >= 0.3 is 11.9 Å². The molecule has 0 saturated heterocycles. The van der Waals surface area contributed by atoms with Gasteiger partial charge in [0.25, 0.3) is 0 Å². The Balaban J connectivity index is 1.64. The summed E-state index contributed by atoms with van der Waals surface area (Å²) >= 11 is 0. The summed E-state index contributed by atoms with van der Waals surface area (Å²) in [4.78, 5) is 25.2. The van der Waals surface area contributed by atoms with Gasteiger partial charge in [0.1, 0.15) is 11.5 Å². The van der Waals surface area contributed by atoms with E-state index in [0.29, 0.717) is 28.9 Å². The highest BCUT2D eigenvalue weighted by Gasteiger charge is 2.22. The predicted octanol–water partition coefficient (Wildman–Crippen LogP) is 5.63. The zero-order valence-corrected chi connectivity index (χ0v) is 16.3. The molecule has 146 valence electrons. The SMILES string of the molecule is Cc1ccc(C(=O)Oc2cccc3cccc(OC(=O)C4CC=CCC4)c23)cc1. The molecular weight excluding hydrogens is 364 g/mol. The number of ether oxygens (including phenoxy) is 2. The molecule has 1 aliphatic carbocycles. The highest BCUT2D eigenvalue weighted by atomic mass is 16.5. The lowest BCUT2D eigenvalue weighted by atomic mass is 9.95. The number of esters is 2. The number of carbonyl (C=O) groups excluding carboxylic acids is 2. The summed E-state index contributed by atoms with van der Waals surface area (Å²) in [6.45, 7) is 1.96. The van der Waals surface area contributed by atoms with E-state index < -0.39 is 5.97 Å². The Kier molecular flexibility index (Phi) is 5.43. The van der Waals surface area contributed by atoms with Crippen molar-refractivity contribution < 1.29 is 19.1 Å². The van der Waals surface area contributed by atoms with Crippen molar-refractivity contribution in [3.05, 3.63) is 83.9 Å². The summed E-state index contributed by atoms with van der Waals surface area (Å²) in [5, 5.41) is 1.46. The maximum atomic E-state index is 12.6. The molecule has 29 heavy (non-hydrogen) atoms. The molecule has 0 heterocycles. The highest BCUT2D eigenvalue weighted by molar-refractivity contribution is 5.99. The topological polar surface area (TPSA) is 52.6 Å². The minimum absolute atomic E-state index is 0.141. The zero-order valence-electron chi connectivity index (χ0n) is 16.3. The van der Waals surface area contributed by atoms with Gasteiger partial charge in [-0.05, 0) is 55.8 Å². The predicted molar refractivity (Wildman–Crippen MR) is 112 cm³/mol. The highest BCUT2D eigenvalue weighted by Crippen LogP contribution is 2.35. The first-order valence-electron chi connectivity index (χ1n) is 9.79. The average Bonchev–Trinajstić information content (AvgIpc) is 2.75. The molecule has 4 rings (SSSR count). The quantitative estimate of drug-likeness (QED) is 0.331. The monoisotopic (exact) mass is 386 g/mol. The zero-order chi connectivity index (χ0) is 20.2. The van der Waals surface area contributed by atoms with E-state index in [9.17, 15) is 9.59 Å². The molecular formula is C25H22O4. The maximum Gasteiger partial charge on any atom is 0.343 e. The third kappa shape index (κ3) is 4.21. The smallest absolute Gasteiger partial charge is 0.343 e. The lowest BCUT2D eigenvalue weighted by Crippen LogP contribution is -2.21. The fraction of sp³-hybridized carbons (Fsp3) is 0.200. The van der Waals surface area contributed by atoms with E-state index in [1.165, 1.54) is 0 Å². The van der Waals surface area contributed by atoms with Crippen LogP contribution >= 0.6 is 0 Å². The van der Waals surface area contributed by atoms with Crippen molar-refractivity contribution in [2.75, 3.05) is 0 Å². The number of aryl methyl sites for hydroxylation is 1. The van der Waals surface area contributed by atoms with Crippen molar-refractivity contribution in [1.82, 2.24) is 0 Å². The fourth-order valence-corrected chi connectivity index (χ4v) is 3.49. The van der Waals surface area contributed by atoms with Crippen molar-refractivity contribution in [1.29, 1.82) is 0 Å². The van der Waals surface area contributed by atoms with Gasteiger partial charge in [0.15, 0.2) is 0 Å². The Morgan fingerprint density at radius 2 is 1.55 bits per heavy atom. The minimum Gasteiger partial charge on any atom is -0.426 e. The Morgan fingerprint density at radius 1 is 0.862 bits per heavy atom. The standard InChI is InChI=1S/C25H22O4/c1-17-13-15-20(16-14-17)25(27)29-22-12-6-10-18-9-5-11-21(23(18)22)28-24(26)19-7-3-2-4-8-19/h2-3,5-6,9-16,19H,4,7-8H2,1H3. The van der Waals surface area contributed by atoms with E-state index in [4.69, 9.17) is 9.47 Å². The van der Waals surface area contributed by atoms with Crippen LogP contribution in [0.15, 0.2) is 72.8 Å². The second-order valence-electron chi connectivity index (χ2n) is 7.27. The van der Waals surface area contributed by atoms with E-state index in [0.717, 1.165) is 23.8 Å². The Morgan fingerprint density at radius 3 is 2.21 bits per heavy atom. The summed E-state index contributed by atoms with van der Waals surface area (Å²) in [5.41, 5.74) is 1.54. The average molecular weight is 386 g/mol. The van der Waals surface area contributed by atoms with E-state index in [1.54, 1.807) is 24.3 Å². The van der Waals surface area contributed by atoms with Gasteiger partial charge in [-0.3, -0.25) is 4.79 Å². The maximum absolute atomic E-state index is 12.6. The molecule has 0 radical (unpaired) electrons. The number of carbonyl (C=O) groups is 2. The van der Waals surface area contributed by atoms with E-state index in [-0.39, 0.29) is 11.9 Å². The number of allylic oxidation sites excluding steroid dienone is 2. The molecule has 0 fully saturated rings. The second kappa shape index (κ2) is 8.31. The van der Waals surface area contributed by atoms with Crippen molar-refractivity contribution in [2.45, 2.75) is 26.2 Å². The molecule has 0 bridgehead atoms. The van der Waals surface area contributed by atoms with Crippen LogP contribution in [0.5, 0.6) is 11.5 Å². The molecule has 0 amide bonds. The van der Waals surface area contributed by atoms with Crippen molar-refractivity contribution >= 4 is 22.7 Å². The lowest BCUT2D eigenvalue weighted by Gasteiger charge is -2.17. The van der Waals surface area contributed by atoms with Gasteiger partial charge in [0.2, 0.25) is 0 Å². The fourth-order valence-electron chi connectivity index (χ4n) is 3.49. The summed E-state index contributed by atoms with van der Waals surface area (Å²) in [7, 11) is 0. The van der Waals surface area contributed by atoms with Crippen LogP contribution in [-0.4, -0.2) is 11.9 Å². The molecule has 0 saturated carbocycles. The van der Waals surface area contributed by atoms with E-state index in [2.05, 4.69) is 6.08 Å². The van der Waals surface area contributed by atoms with E-state index in [1.807, 2.05) is 49.4 Å². The van der Waals surface area contributed by atoms with Crippen molar-refractivity contribution in [3.8, 4) is 11.5 Å². The van der Waals surface area contributed by atoms with E-state index >= 15 is 0 Å². The van der Waals surface area contributed by atoms with Crippen LogP contribution in [-0.2, 0) is 4.79 Å². The van der Waals surface area contributed by atoms with Gasteiger partial charge in [0.05, 0.1) is 16.9 Å². The second-order valence-corrected chi connectivity index (χ2v) is 7.27. The van der Waals surface area contributed by atoms with Crippen LogP contribution in [0.2, 0.25) is 0 Å². The summed E-state index contributed by atoms with van der Waals surface area (Å²) in [6, 6.07) is 18.1. The number of fused-ring (bicyclic) bond motifs is 1. The molecule has 4 nitrogen and oxygen atoms in total. The molecule has 1 atom stereocenters. The molecule has 3 aromatic rings. The van der Waals surface area contributed by atoms with Gasteiger partial charge in [-0.1, -0.05) is 54.1 Å². The van der Waals surface area contributed by atoms with Crippen LogP contribution in [0.3, 0.4) is 0 Å². The molecule has 0 aromatic heterocycles. The third-order valence-electron chi connectivity index (χ3n) is 5.13. The Bertz CT molecular complexity index is 1070. The van der Waals surface area contributed by atoms with Gasteiger partial charge in [-0.15, -0.1) is 0 Å². The first kappa shape index (κ1) is 18.9. The molecule has 1 unspecified atom stereocenters. The van der Waals surface area contributed by atoms with Gasteiger partial charge in [-0.2, -0.15) is 0 Å². The van der Waals surface area contributed by atoms with Crippen LogP contribution in [0, 0.1) is 12.8 Å².